The van der Waals surface area contributed by atoms with Crippen molar-refractivity contribution in [3.8, 4) is 0 Å². The van der Waals surface area contributed by atoms with Gasteiger partial charge in [-0.1, -0.05) is 23.9 Å². The summed E-state index contributed by atoms with van der Waals surface area (Å²) in [6.07, 6.45) is 1.58. The maximum Gasteiger partial charge on any atom is 0.234 e. The molecule has 0 saturated carbocycles. The molecule has 0 bridgehead atoms. The zero-order chi connectivity index (χ0) is 21.1. The lowest BCUT2D eigenvalue weighted by atomic mass is 9.99. The van der Waals surface area contributed by atoms with Gasteiger partial charge in [-0.05, 0) is 43.4 Å². The molecule has 0 aromatic heterocycles. The van der Waals surface area contributed by atoms with Crippen LogP contribution in [0.1, 0.15) is 18.4 Å². The minimum absolute atomic E-state index is 0.0728. The molecule has 8 heteroatoms. The van der Waals surface area contributed by atoms with E-state index in [1.54, 1.807) is 24.3 Å². The van der Waals surface area contributed by atoms with Crippen molar-refractivity contribution in [2.45, 2.75) is 18.5 Å². The topological polar surface area (TPSA) is 57.1 Å². The Morgan fingerprint density at radius 2 is 1.80 bits per heavy atom. The fourth-order valence-corrected chi connectivity index (χ4v) is 4.38. The van der Waals surface area contributed by atoms with Crippen LogP contribution in [0.5, 0.6) is 0 Å². The molecule has 1 spiro atoms. The molecule has 2 heterocycles. The summed E-state index contributed by atoms with van der Waals surface area (Å²) in [4.78, 5) is 24.4. The molecule has 1 fully saturated rings. The standard InChI is InChI=1S/C22H22F2N4OS/c1-28-12-10-22(11-13-28)26-20(15-6-8-16(23)9-7-15)21(27-22)30-14-19(29)25-18-5-3-2-4-17(18)24/h2-9H,10-14H2,1H3,(H,25,29). The van der Waals surface area contributed by atoms with Gasteiger partial charge in [-0.15, -0.1) is 0 Å². The number of carbonyl (C=O) groups is 1. The Balaban J connectivity index is 1.52. The van der Waals surface area contributed by atoms with Gasteiger partial charge >= 0.3 is 0 Å². The maximum atomic E-state index is 13.8. The van der Waals surface area contributed by atoms with Gasteiger partial charge in [0.2, 0.25) is 5.91 Å². The highest BCUT2D eigenvalue weighted by Gasteiger charge is 2.39. The Labute approximate surface area is 178 Å². The van der Waals surface area contributed by atoms with E-state index in [1.165, 1.54) is 36.0 Å². The number of thioether (sulfide) groups is 1. The van der Waals surface area contributed by atoms with Gasteiger partial charge in [0.25, 0.3) is 0 Å². The van der Waals surface area contributed by atoms with Crippen molar-refractivity contribution in [3.63, 3.8) is 0 Å². The smallest absolute Gasteiger partial charge is 0.234 e. The molecule has 5 nitrogen and oxygen atoms in total. The summed E-state index contributed by atoms with van der Waals surface area (Å²) in [5.74, 6) is -1.05. The summed E-state index contributed by atoms with van der Waals surface area (Å²) >= 11 is 1.27. The molecule has 2 aromatic rings. The van der Waals surface area contributed by atoms with Gasteiger partial charge in [-0.25, -0.2) is 13.8 Å². The van der Waals surface area contributed by atoms with Gasteiger partial charge < -0.3 is 10.2 Å². The van der Waals surface area contributed by atoms with Crippen LogP contribution in [0.3, 0.4) is 0 Å². The molecule has 4 rings (SSSR count). The molecular formula is C22H22F2N4OS. The lowest BCUT2D eigenvalue weighted by molar-refractivity contribution is -0.113. The number of piperidine rings is 1. The lowest BCUT2D eigenvalue weighted by Gasteiger charge is -2.33. The molecule has 2 aliphatic rings. The van der Waals surface area contributed by atoms with E-state index in [9.17, 15) is 13.6 Å². The number of benzene rings is 2. The van der Waals surface area contributed by atoms with Crippen LogP contribution in [-0.4, -0.2) is 53.1 Å². The second-order valence-electron chi connectivity index (χ2n) is 7.49. The van der Waals surface area contributed by atoms with Crippen molar-refractivity contribution in [2.24, 2.45) is 9.98 Å². The van der Waals surface area contributed by atoms with Crippen LogP contribution in [0.15, 0.2) is 58.5 Å². The van der Waals surface area contributed by atoms with E-state index in [0.29, 0.717) is 10.8 Å². The second-order valence-corrected chi connectivity index (χ2v) is 8.45. The van der Waals surface area contributed by atoms with Crippen LogP contribution in [0, 0.1) is 11.6 Å². The van der Waals surface area contributed by atoms with E-state index in [4.69, 9.17) is 9.98 Å². The number of aliphatic imine (C=N–C) groups is 2. The van der Waals surface area contributed by atoms with Gasteiger partial charge in [0.15, 0.2) is 5.66 Å². The summed E-state index contributed by atoms with van der Waals surface area (Å²) in [6, 6.07) is 12.2. The lowest BCUT2D eigenvalue weighted by Crippen LogP contribution is -2.39. The highest BCUT2D eigenvalue weighted by Crippen LogP contribution is 2.35. The minimum Gasteiger partial charge on any atom is -0.323 e. The van der Waals surface area contributed by atoms with Crippen molar-refractivity contribution in [1.29, 1.82) is 0 Å². The van der Waals surface area contributed by atoms with Gasteiger partial charge in [0.1, 0.15) is 16.7 Å². The van der Waals surface area contributed by atoms with Crippen molar-refractivity contribution >= 4 is 34.1 Å². The summed E-state index contributed by atoms with van der Waals surface area (Å²) in [5, 5.41) is 3.25. The Hall–Kier alpha value is -2.58. The number of carbonyl (C=O) groups excluding carboxylic acids is 1. The van der Waals surface area contributed by atoms with E-state index in [2.05, 4.69) is 17.3 Å². The second kappa shape index (κ2) is 8.65. The molecule has 0 unspecified atom stereocenters. The van der Waals surface area contributed by atoms with Crippen LogP contribution in [0.4, 0.5) is 14.5 Å². The number of hydrogen-bond donors (Lipinski definition) is 1. The number of anilines is 1. The van der Waals surface area contributed by atoms with Gasteiger partial charge in [0, 0.05) is 31.5 Å². The fourth-order valence-electron chi connectivity index (χ4n) is 3.50. The van der Waals surface area contributed by atoms with Gasteiger partial charge in [0.05, 0.1) is 17.2 Å². The van der Waals surface area contributed by atoms with Crippen LogP contribution < -0.4 is 5.32 Å². The zero-order valence-corrected chi connectivity index (χ0v) is 17.4. The predicted octanol–water partition coefficient (Wildman–Crippen LogP) is 3.96. The largest absolute Gasteiger partial charge is 0.323 e. The Bertz CT molecular complexity index is 998. The SMILES string of the molecule is CN1CCC2(CC1)N=C(SCC(=O)Nc1ccccc1F)C(c1ccc(F)cc1)=N2. The van der Waals surface area contributed by atoms with Crippen LogP contribution >= 0.6 is 11.8 Å². The van der Waals surface area contributed by atoms with Gasteiger partial charge in [-0.2, -0.15) is 0 Å². The minimum atomic E-state index is -0.527. The number of amides is 1. The zero-order valence-electron chi connectivity index (χ0n) is 16.6. The maximum absolute atomic E-state index is 13.8. The predicted molar refractivity (Wildman–Crippen MR) is 117 cm³/mol. The molecule has 0 radical (unpaired) electrons. The number of rotatable bonds is 4. The van der Waals surface area contributed by atoms with Crippen molar-refractivity contribution in [3.05, 3.63) is 65.7 Å². The monoisotopic (exact) mass is 428 g/mol. The van der Waals surface area contributed by atoms with Crippen LogP contribution in [0.25, 0.3) is 0 Å². The first-order valence-corrected chi connectivity index (χ1v) is 10.7. The quantitative estimate of drug-likeness (QED) is 0.802. The molecule has 1 saturated heterocycles. The van der Waals surface area contributed by atoms with Crippen molar-refractivity contribution in [2.75, 3.05) is 31.2 Å². The third kappa shape index (κ3) is 4.60. The number of para-hydroxylation sites is 1. The normalized spacial score (nSPS) is 18.2. The molecule has 2 aromatic carbocycles. The molecular weight excluding hydrogens is 406 g/mol. The average molecular weight is 429 g/mol. The number of nitrogens with one attached hydrogen (secondary N) is 1. The summed E-state index contributed by atoms with van der Waals surface area (Å²) in [6.45, 7) is 1.77. The summed E-state index contributed by atoms with van der Waals surface area (Å²) in [5.41, 5.74) is 1.08. The number of halogens is 2. The third-order valence-electron chi connectivity index (χ3n) is 5.23. The Morgan fingerprint density at radius 3 is 2.50 bits per heavy atom. The first kappa shape index (κ1) is 20.7. The third-order valence-corrected chi connectivity index (χ3v) is 6.19. The molecule has 2 aliphatic heterocycles. The number of likely N-dealkylation sites (tertiary alicyclic amines) is 1. The average Bonchev–Trinajstić information content (AvgIpc) is 3.09. The van der Waals surface area contributed by atoms with E-state index >= 15 is 0 Å². The van der Waals surface area contributed by atoms with E-state index in [0.717, 1.165) is 31.5 Å². The molecule has 1 amide bonds. The Morgan fingerprint density at radius 1 is 1.10 bits per heavy atom. The van der Waals surface area contributed by atoms with E-state index < -0.39 is 11.5 Å². The van der Waals surface area contributed by atoms with Crippen LogP contribution in [0.2, 0.25) is 0 Å². The number of nitrogens with zero attached hydrogens (tertiary/aromatic N) is 3. The highest BCUT2D eigenvalue weighted by molar-refractivity contribution is 8.16. The summed E-state index contributed by atoms with van der Waals surface area (Å²) < 4.78 is 27.2. The van der Waals surface area contributed by atoms with E-state index in [-0.39, 0.29) is 23.2 Å². The molecule has 0 atom stereocenters. The van der Waals surface area contributed by atoms with Crippen LogP contribution in [-0.2, 0) is 4.79 Å². The highest BCUT2D eigenvalue weighted by atomic mass is 32.2. The van der Waals surface area contributed by atoms with Crippen molar-refractivity contribution in [1.82, 2.24) is 4.90 Å². The molecule has 0 aliphatic carbocycles. The van der Waals surface area contributed by atoms with Gasteiger partial charge in [-0.3, -0.25) is 9.79 Å². The molecule has 156 valence electrons. The number of hydrogen-bond acceptors (Lipinski definition) is 5. The molecule has 1 N–H and O–H groups in total. The molecule has 30 heavy (non-hydrogen) atoms. The van der Waals surface area contributed by atoms with E-state index in [1.807, 2.05) is 0 Å². The van der Waals surface area contributed by atoms with Crippen molar-refractivity contribution < 1.29 is 13.6 Å². The summed E-state index contributed by atoms with van der Waals surface area (Å²) in [7, 11) is 2.07. The fraction of sp³-hybridized carbons (Fsp3) is 0.318. The first-order chi connectivity index (χ1) is 14.4. The first-order valence-electron chi connectivity index (χ1n) is 9.76. The Kier molecular flexibility index (Phi) is 5.97.